The first-order valence-corrected chi connectivity index (χ1v) is 9.16. The number of benzene rings is 1. The number of aryl methyl sites for hydroxylation is 3. The molecule has 1 aromatic carbocycles. The average Bonchev–Trinajstić information content (AvgIpc) is 3.33. The van der Waals surface area contributed by atoms with Gasteiger partial charge in [0.05, 0.1) is 22.9 Å². The largest absolute Gasteiger partial charge is 0.346 e. The molecular formula is C20H22N6. The number of imidazole rings is 1. The molecule has 132 valence electrons. The van der Waals surface area contributed by atoms with Crippen LogP contribution < -0.4 is 4.90 Å². The maximum absolute atomic E-state index is 5.00. The highest BCUT2D eigenvalue weighted by Crippen LogP contribution is 2.38. The van der Waals surface area contributed by atoms with Crippen molar-refractivity contribution < 1.29 is 0 Å². The van der Waals surface area contributed by atoms with Gasteiger partial charge in [0, 0.05) is 23.7 Å². The van der Waals surface area contributed by atoms with E-state index in [1.807, 2.05) is 17.5 Å². The summed E-state index contributed by atoms with van der Waals surface area (Å²) >= 11 is 0. The highest BCUT2D eigenvalue weighted by molar-refractivity contribution is 5.92. The second kappa shape index (κ2) is 5.56. The Bertz CT molecular complexity index is 1100. The lowest BCUT2D eigenvalue weighted by Gasteiger charge is -2.25. The summed E-state index contributed by atoms with van der Waals surface area (Å²) in [5.41, 5.74) is 5.19. The Kier molecular flexibility index (Phi) is 3.29. The molecule has 5 rings (SSSR count). The van der Waals surface area contributed by atoms with Crippen LogP contribution in [0.15, 0.2) is 30.3 Å². The van der Waals surface area contributed by atoms with E-state index in [-0.39, 0.29) is 6.04 Å². The van der Waals surface area contributed by atoms with Crippen LogP contribution >= 0.6 is 0 Å². The lowest BCUT2D eigenvalue weighted by Crippen LogP contribution is -2.25. The number of aromatic nitrogens is 5. The molecule has 1 aliphatic rings. The molecule has 1 atom stereocenters. The molecule has 4 aromatic rings. The van der Waals surface area contributed by atoms with Crippen molar-refractivity contribution in [2.45, 2.75) is 39.7 Å². The molecule has 0 spiro atoms. The van der Waals surface area contributed by atoms with Gasteiger partial charge in [-0.15, -0.1) is 0 Å². The third-order valence-electron chi connectivity index (χ3n) is 5.39. The Balaban J connectivity index is 1.71. The molecular weight excluding hydrogens is 324 g/mol. The number of hydrogen-bond donors (Lipinski definition) is 1. The van der Waals surface area contributed by atoms with Gasteiger partial charge in [-0.1, -0.05) is 12.1 Å². The third-order valence-corrected chi connectivity index (χ3v) is 5.39. The summed E-state index contributed by atoms with van der Waals surface area (Å²) in [7, 11) is 0. The molecule has 4 heterocycles. The van der Waals surface area contributed by atoms with Crippen molar-refractivity contribution in [2.24, 2.45) is 0 Å². The van der Waals surface area contributed by atoms with Gasteiger partial charge in [0.25, 0.3) is 0 Å². The predicted molar refractivity (Wildman–Crippen MR) is 103 cm³/mol. The molecule has 1 fully saturated rings. The van der Waals surface area contributed by atoms with Crippen LogP contribution in [-0.4, -0.2) is 31.1 Å². The van der Waals surface area contributed by atoms with Gasteiger partial charge >= 0.3 is 0 Å². The predicted octanol–water partition coefficient (Wildman–Crippen LogP) is 3.87. The van der Waals surface area contributed by atoms with E-state index in [4.69, 9.17) is 9.97 Å². The number of nitrogens with zero attached hydrogens (tertiary/aromatic N) is 5. The number of anilines is 1. The van der Waals surface area contributed by atoms with Crippen LogP contribution in [0.1, 0.15) is 41.8 Å². The summed E-state index contributed by atoms with van der Waals surface area (Å²) < 4.78 is 1.94. The van der Waals surface area contributed by atoms with Crippen LogP contribution in [-0.2, 0) is 0 Å². The van der Waals surface area contributed by atoms with Crippen LogP contribution in [0.4, 0.5) is 5.82 Å². The van der Waals surface area contributed by atoms with Gasteiger partial charge < -0.3 is 9.88 Å². The number of hydrogen-bond acceptors (Lipinski definition) is 4. The SMILES string of the molecule is Cc1cc2nc(N3CCCC3c3nc(C)c(C)[nH]3)c3ccccc3n2n1. The summed E-state index contributed by atoms with van der Waals surface area (Å²) in [4.78, 5) is 15.7. The Morgan fingerprint density at radius 1 is 1.12 bits per heavy atom. The van der Waals surface area contributed by atoms with Gasteiger partial charge in [0.2, 0.25) is 0 Å². The van der Waals surface area contributed by atoms with E-state index in [2.05, 4.69) is 53.1 Å². The number of aromatic amines is 1. The summed E-state index contributed by atoms with van der Waals surface area (Å²) in [6.07, 6.45) is 2.23. The maximum atomic E-state index is 5.00. The fourth-order valence-electron chi connectivity index (χ4n) is 4.02. The zero-order chi connectivity index (χ0) is 17.8. The number of para-hydroxylation sites is 1. The van der Waals surface area contributed by atoms with Crippen LogP contribution in [0.2, 0.25) is 0 Å². The van der Waals surface area contributed by atoms with Gasteiger partial charge in [-0.25, -0.2) is 14.5 Å². The maximum Gasteiger partial charge on any atom is 0.158 e. The molecule has 0 aliphatic carbocycles. The van der Waals surface area contributed by atoms with Gasteiger partial charge in [-0.3, -0.25) is 0 Å². The second-order valence-electron chi connectivity index (χ2n) is 7.19. The van der Waals surface area contributed by atoms with E-state index in [9.17, 15) is 0 Å². The molecule has 26 heavy (non-hydrogen) atoms. The molecule has 1 unspecified atom stereocenters. The summed E-state index contributed by atoms with van der Waals surface area (Å²) in [5, 5.41) is 5.75. The van der Waals surface area contributed by atoms with E-state index in [0.717, 1.165) is 64.7 Å². The normalized spacial score (nSPS) is 17.7. The standard InChI is InChI=1S/C20H22N6/c1-12-11-18-23-20(15-7-4-5-8-16(15)26(18)24-12)25-10-6-9-17(25)19-21-13(2)14(3)22-19/h4-5,7-8,11,17H,6,9-10H2,1-3H3,(H,21,22). The molecule has 3 aromatic heterocycles. The summed E-state index contributed by atoms with van der Waals surface area (Å²) in [5.74, 6) is 2.08. The molecule has 0 bridgehead atoms. The zero-order valence-electron chi connectivity index (χ0n) is 15.3. The Labute approximate surface area is 151 Å². The Hall–Kier alpha value is -2.89. The monoisotopic (exact) mass is 346 g/mol. The van der Waals surface area contributed by atoms with Crippen molar-refractivity contribution in [1.29, 1.82) is 0 Å². The van der Waals surface area contributed by atoms with Crippen molar-refractivity contribution in [3.05, 3.63) is 53.2 Å². The van der Waals surface area contributed by atoms with E-state index in [1.54, 1.807) is 0 Å². The van der Waals surface area contributed by atoms with Crippen LogP contribution in [0.5, 0.6) is 0 Å². The van der Waals surface area contributed by atoms with Crippen LogP contribution in [0.3, 0.4) is 0 Å². The van der Waals surface area contributed by atoms with Gasteiger partial charge in [0.1, 0.15) is 11.6 Å². The van der Waals surface area contributed by atoms with E-state index in [1.165, 1.54) is 0 Å². The first kappa shape index (κ1) is 15.4. The van der Waals surface area contributed by atoms with Crippen molar-refractivity contribution in [2.75, 3.05) is 11.4 Å². The first-order valence-electron chi connectivity index (χ1n) is 9.16. The van der Waals surface area contributed by atoms with Crippen molar-refractivity contribution >= 4 is 22.4 Å². The number of H-pyrrole nitrogens is 1. The summed E-state index contributed by atoms with van der Waals surface area (Å²) in [6.45, 7) is 7.14. The number of nitrogens with one attached hydrogen (secondary N) is 1. The zero-order valence-corrected chi connectivity index (χ0v) is 15.3. The van der Waals surface area contributed by atoms with E-state index in [0.29, 0.717) is 0 Å². The summed E-state index contributed by atoms with van der Waals surface area (Å²) in [6, 6.07) is 10.7. The topological polar surface area (TPSA) is 62.1 Å². The van der Waals surface area contributed by atoms with Crippen molar-refractivity contribution in [3.8, 4) is 0 Å². The highest BCUT2D eigenvalue weighted by atomic mass is 15.3. The number of fused-ring (bicyclic) bond motifs is 3. The fourth-order valence-corrected chi connectivity index (χ4v) is 4.02. The molecule has 1 saturated heterocycles. The lowest BCUT2D eigenvalue weighted by molar-refractivity contribution is 0.670. The number of rotatable bonds is 2. The van der Waals surface area contributed by atoms with Crippen molar-refractivity contribution in [1.82, 2.24) is 24.6 Å². The molecule has 6 heteroatoms. The van der Waals surface area contributed by atoms with Gasteiger partial charge in [-0.2, -0.15) is 5.10 Å². The lowest BCUT2D eigenvalue weighted by atomic mass is 10.2. The van der Waals surface area contributed by atoms with E-state index < -0.39 is 0 Å². The molecule has 6 nitrogen and oxygen atoms in total. The minimum absolute atomic E-state index is 0.241. The van der Waals surface area contributed by atoms with Gasteiger partial charge in [-0.05, 0) is 45.7 Å². The Morgan fingerprint density at radius 3 is 2.77 bits per heavy atom. The molecule has 0 saturated carbocycles. The third kappa shape index (κ3) is 2.21. The second-order valence-corrected chi connectivity index (χ2v) is 7.19. The van der Waals surface area contributed by atoms with E-state index >= 15 is 0 Å². The minimum Gasteiger partial charge on any atom is -0.346 e. The molecule has 1 N–H and O–H groups in total. The van der Waals surface area contributed by atoms with Gasteiger partial charge in [0.15, 0.2) is 5.65 Å². The Morgan fingerprint density at radius 2 is 1.96 bits per heavy atom. The molecule has 0 radical (unpaired) electrons. The van der Waals surface area contributed by atoms with Crippen LogP contribution in [0.25, 0.3) is 16.6 Å². The molecule has 1 aliphatic heterocycles. The quantitative estimate of drug-likeness (QED) is 0.598. The first-order chi connectivity index (χ1) is 12.6. The van der Waals surface area contributed by atoms with Crippen LogP contribution in [0, 0.1) is 20.8 Å². The minimum atomic E-state index is 0.241. The molecule has 0 amide bonds. The highest BCUT2D eigenvalue weighted by Gasteiger charge is 2.31. The average molecular weight is 346 g/mol. The smallest absolute Gasteiger partial charge is 0.158 e. The van der Waals surface area contributed by atoms with Crippen molar-refractivity contribution in [3.63, 3.8) is 0 Å². The fraction of sp³-hybridized carbons (Fsp3) is 0.350.